The predicted molar refractivity (Wildman–Crippen MR) is 102 cm³/mol. The fourth-order valence-electron chi connectivity index (χ4n) is 3.73. The Kier molecular flexibility index (Phi) is 4.68. The zero-order chi connectivity index (χ0) is 17.9. The third kappa shape index (κ3) is 3.33. The molecule has 0 unspecified atom stereocenters. The molecule has 0 aliphatic carbocycles. The molecule has 0 atom stereocenters. The smallest absolute Gasteiger partial charge is 0.0705 e. The highest BCUT2D eigenvalue weighted by Gasteiger charge is 2.22. The maximum absolute atomic E-state index is 8.91. The fourth-order valence-corrected chi connectivity index (χ4v) is 3.73. The minimum absolute atomic E-state index is 0.510. The van der Waals surface area contributed by atoms with Crippen LogP contribution in [0, 0.1) is 11.3 Å². The summed E-state index contributed by atoms with van der Waals surface area (Å²) in [6, 6.07) is 14.7. The Bertz CT molecular complexity index is 966. The number of nitriles is 1. The summed E-state index contributed by atoms with van der Waals surface area (Å²) in [5, 5.41) is 14.9. The van der Waals surface area contributed by atoms with Crippen molar-refractivity contribution >= 4 is 10.9 Å². The van der Waals surface area contributed by atoms with E-state index < -0.39 is 0 Å². The van der Waals surface area contributed by atoms with E-state index in [-0.39, 0.29) is 0 Å². The van der Waals surface area contributed by atoms with Gasteiger partial charge < -0.3 is 4.90 Å². The van der Waals surface area contributed by atoms with Crippen LogP contribution in [0.25, 0.3) is 10.9 Å². The molecule has 0 spiro atoms. The van der Waals surface area contributed by atoms with Gasteiger partial charge in [-0.3, -0.25) is 9.67 Å². The molecule has 1 aromatic carbocycles. The molecule has 26 heavy (non-hydrogen) atoms. The van der Waals surface area contributed by atoms with E-state index in [1.54, 1.807) is 0 Å². The van der Waals surface area contributed by atoms with Crippen molar-refractivity contribution < 1.29 is 0 Å². The summed E-state index contributed by atoms with van der Waals surface area (Å²) in [4.78, 5) is 7.13. The topological polar surface area (TPSA) is 57.7 Å². The lowest BCUT2D eigenvalue weighted by atomic mass is 10.0. The van der Waals surface area contributed by atoms with Crippen molar-refractivity contribution in [1.82, 2.24) is 19.7 Å². The SMILES string of the molecule is CN1CCc2c(c(CCc3ccc4ccccc4n3)nn2CCC#N)C1. The summed E-state index contributed by atoms with van der Waals surface area (Å²) < 4.78 is 2.06. The van der Waals surface area contributed by atoms with Crippen molar-refractivity contribution in [2.24, 2.45) is 0 Å². The van der Waals surface area contributed by atoms with Gasteiger partial charge in [0.15, 0.2) is 0 Å². The Balaban J connectivity index is 1.57. The van der Waals surface area contributed by atoms with Crippen LogP contribution in [0.15, 0.2) is 36.4 Å². The van der Waals surface area contributed by atoms with Crippen LogP contribution in [-0.4, -0.2) is 33.3 Å². The molecular weight excluding hydrogens is 322 g/mol. The lowest BCUT2D eigenvalue weighted by molar-refractivity contribution is 0.306. The Morgan fingerprint density at radius 1 is 1.15 bits per heavy atom. The standard InChI is InChI=1S/C21H23N5/c1-25-14-11-21-18(15-25)20(24-26(21)13-4-12-22)10-9-17-8-7-16-5-2-3-6-19(16)23-17/h2-3,5-8H,4,9-11,13-15H2,1H3. The number of aromatic nitrogens is 3. The van der Waals surface area contributed by atoms with Gasteiger partial charge >= 0.3 is 0 Å². The summed E-state index contributed by atoms with van der Waals surface area (Å²) in [7, 11) is 2.16. The molecule has 1 aliphatic heterocycles. The van der Waals surface area contributed by atoms with Crippen LogP contribution < -0.4 is 0 Å². The van der Waals surface area contributed by atoms with Gasteiger partial charge in [-0.2, -0.15) is 10.4 Å². The van der Waals surface area contributed by atoms with Gasteiger partial charge in [0.25, 0.3) is 0 Å². The number of fused-ring (bicyclic) bond motifs is 2. The van der Waals surface area contributed by atoms with E-state index in [1.165, 1.54) is 22.3 Å². The van der Waals surface area contributed by atoms with Crippen molar-refractivity contribution in [2.45, 2.75) is 38.8 Å². The van der Waals surface area contributed by atoms with Crippen LogP contribution in [-0.2, 0) is 32.4 Å². The molecule has 0 N–H and O–H groups in total. The van der Waals surface area contributed by atoms with Gasteiger partial charge in [-0.05, 0) is 32.0 Å². The second kappa shape index (κ2) is 7.27. The van der Waals surface area contributed by atoms with Crippen molar-refractivity contribution in [2.75, 3.05) is 13.6 Å². The first-order chi connectivity index (χ1) is 12.7. The second-order valence-electron chi connectivity index (χ2n) is 6.99. The first-order valence-electron chi connectivity index (χ1n) is 9.22. The van der Waals surface area contributed by atoms with Gasteiger partial charge in [0.1, 0.15) is 0 Å². The number of rotatable bonds is 5. The molecule has 0 saturated heterocycles. The average molecular weight is 345 g/mol. The number of benzene rings is 1. The molecular formula is C21H23N5. The van der Waals surface area contributed by atoms with E-state index in [9.17, 15) is 0 Å². The molecule has 1 aliphatic rings. The molecule has 2 aromatic heterocycles. The van der Waals surface area contributed by atoms with Crippen LogP contribution in [0.4, 0.5) is 0 Å². The normalized spacial score (nSPS) is 14.3. The summed E-state index contributed by atoms with van der Waals surface area (Å²) in [5.74, 6) is 0. The first-order valence-corrected chi connectivity index (χ1v) is 9.22. The molecule has 0 saturated carbocycles. The molecule has 0 radical (unpaired) electrons. The van der Waals surface area contributed by atoms with Crippen molar-refractivity contribution in [3.8, 4) is 6.07 Å². The van der Waals surface area contributed by atoms with Gasteiger partial charge in [0, 0.05) is 41.8 Å². The van der Waals surface area contributed by atoms with Gasteiger partial charge in [0.2, 0.25) is 0 Å². The predicted octanol–water partition coefficient (Wildman–Crippen LogP) is 3.12. The van der Waals surface area contributed by atoms with E-state index >= 15 is 0 Å². The summed E-state index contributed by atoms with van der Waals surface area (Å²) in [6.07, 6.45) is 3.30. The van der Waals surface area contributed by atoms with Gasteiger partial charge in [-0.25, -0.2) is 0 Å². The van der Waals surface area contributed by atoms with Crippen LogP contribution in [0.5, 0.6) is 0 Å². The quantitative estimate of drug-likeness (QED) is 0.713. The third-order valence-corrected chi connectivity index (χ3v) is 5.12. The molecule has 4 rings (SSSR count). The molecule has 3 heterocycles. The number of hydrogen-bond acceptors (Lipinski definition) is 4. The molecule has 5 heteroatoms. The van der Waals surface area contributed by atoms with E-state index in [4.69, 9.17) is 15.3 Å². The molecule has 3 aromatic rings. The average Bonchev–Trinajstić information content (AvgIpc) is 3.01. The largest absolute Gasteiger partial charge is 0.302 e. The highest BCUT2D eigenvalue weighted by atomic mass is 15.3. The van der Waals surface area contributed by atoms with Crippen molar-refractivity contribution in [3.05, 3.63) is 59.0 Å². The summed E-state index contributed by atoms with van der Waals surface area (Å²) in [5.41, 5.74) is 6.00. The highest BCUT2D eigenvalue weighted by molar-refractivity contribution is 5.78. The lowest BCUT2D eigenvalue weighted by Gasteiger charge is -2.23. The maximum atomic E-state index is 8.91. The van der Waals surface area contributed by atoms with E-state index in [1.807, 2.05) is 12.1 Å². The Morgan fingerprint density at radius 3 is 2.92 bits per heavy atom. The molecule has 0 fully saturated rings. The minimum Gasteiger partial charge on any atom is -0.302 e. The zero-order valence-corrected chi connectivity index (χ0v) is 15.1. The highest BCUT2D eigenvalue weighted by Crippen LogP contribution is 2.23. The summed E-state index contributed by atoms with van der Waals surface area (Å²) in [6.45, 7) is 2.69. The van der Waals surface area contributed by atoms with E-state index in [2.05, 4.69) is 47.0 Å². The Labute approximate surface area is 153 Å². The molecule has 132 valence electrons. The maximum Gasteiger partial charge on any atom is 0.0705 e. The van der Waals surface area contributed by atoms with Gasteiger partial charge in [0.05, 0.1) is 30.2 Å². The Morgan fingerprint density at radius 2 is 2.04 bits per heavy atom. The van der Waals surface area contributed by atoms with Crippen LogP contribution in [0.3, 0.4) is 0 Å². The minimum atomic E-state index is 0.510. The number of aryl methyl sites for hydroxylation is 3. The number of likely N-dealkylation sites (N-methyl/N-ethyl adjacent to an activating group) is 1. The monoisotopic (exact) mass is 345 g/mol. The first kappa shape index (κ1) is 16.7. The fraction of sp³-hybridized carbons (Fsp3) is 0.381. The second-order valence-corrected chi connectivity index (χ2v) is 6.99. The molecule has 5 nitrogen and oxygen atoms in total. The van der Waals surface area contributed by atoms with Crippen LogP contribution in [0.2, 0.25) is 0 Å². The number of hydrogen-bond donors (Lipinski definition) is 0. The van der Waals surface area contributed by atoms with Crippen LogP contribution >= 0.6 is 0 Å². The number of nitrogens with zero attached hydrogens (tertiary/aromatic N) is 5. The van der Waals surface area contributed by atoms with Crippen molar-refractivity contribution in [3.63, 3.8) is 0 Å². The zero-order valence-electron chi connectivity index (χ0n) is 15.1. The molecule has 0 amide bonds. The number of para-hydroxylation sites is 1. The van der Waals surface area contributed by atoms with Crippen molar-refractivity contribution in [1.29, 1.82) is 5.26 Å². The molecule has 0 bridgehead atoms. The Hall–Kier alpha value is -2.71. The lowest BCUT2D eigenvalue weighted by Crippen LogP contribution is -2.27. The van der Waals surface area contributed by atoms with E-state index in [0.29, 0.717) is 13.0 Å². The van der Waals surface area contributed by atoms with E-state index in [0.717, 1.165) is 43.6 Å². The number of pyridine rings is 1. The third-order valence-electron chi connectivity index (χ3n) is 5.12. The summed E-state index contributed by atoms with van der Waals surface area (Å²) >= 11 is 0. The van der Waals surface area contributed by atoms with Crippen LogP contribution in [0.1, 0.15) is 29.1 Å². The van der Waals surface area contributed by atoms with Gasteiger partial charge in [-0.1, -0.05) is 24.3 Å². The van der Waals surface area contributed by atoms with Gasteiger partial charge in [-0.15, -0.1) is 0 Å².